The van der Waals surface area contributed by atoms with Gasteiger partial charge in [-0.15, -0.1) is 0 Å². The highest BCUT2D eigenvalue weighted by molar-refractivity contribution is 5.42. The Hall–Kier alpha value is -1.02. The molecule has 1 aromatic rings. The van der Waals surface area contributed by atoms with Gasteiger partial charge in [0.1, 0.15) is 5.75 Å². The average molecular weight is 275 g/mol. The SMILES string of the molecule is Cc1cc(C)c(OCCCCCN2CCCC2)c(C)c1. The highest BCUT2D eigenvalue weighted by Gasteiger charge is 2.10. The molecule has 0 amide bonds. The molecule has 0 radical (unpaired) electrons. The van der Waals surface area contributed by atoms with Gasteiger partial charge in [-0.1, -0.05) is 17.7 Å². The lowest BCUT2D eigenvalue weighted by Crippen LogP contribution is -2.20. The van der Waals surface area contributed by atoms with Crippen LogP contribution in [0.3, 0.4) is 0 Å². The molecule has 112 valence electrons. The summed E-state index contributed by atoms with van der Waals surface area (Å²) in [6, 6.07) is 4.41. The standard InChI is InChI=1S/C18H29NO/c1-15-13-16(2)18(17(3)14-15)20-12-8-4-5-9-19-10-6-7-11-19/h13-14H,4-12H2,1-3H3. The number of benzene rings is 1. The zero-order valence-corrected chi connectivity index (χ0v) is 13.4. The molecule has 2 nitrogen and oxygen atoms in total. The van der Waals surface area contributed by atoms with E-state index >= 15 is 0 Å². The van der Waals surface area contributed by atoms with Gasteiger partial charge in [0.2, 0.25) is 0 Å². The molecule has 1 aromatic carbocycles. The minimum Gasteiger partial charge on any atom is -0.493 e. The third kappa shape index (κ3) is 4.52. The molecule has 0 atom stereocenters. The van der Waals surface area contributed by atoms with Crippen molar-refractivity contribution in [3.8, 4) is 5.75 Å². The molecule has 20 heavy (non-hydrogen) atoms. The van der Waals surface area contributed by atoms with Gasteiger partial charge in [-0.3, -0.25) is 0 Å². The van der Waals surface area contributed by atoms with Crippen molar-refractivity contribution in [3.63, 3.8) is 0 Å². The first-order valence-electron chi connectivity index (χ1n) is 8.10. The first-order chi connectivity index (χ1) is 9.66. The predicted molar refractivity (Wildman–Crippen MR) is 85.7 cm³/mol. The van der Waals surface area contributed by atoms with Crippen molar-refractivity contribution in [3.05, 3.63) is 28.8 Å². The summed E-state index contributed by atoms with van der Waals surface area (Å²) < 4.78 is 5.98. The number of unbranched alkanes of at least 4 members (excludes halogenated alkanes) is 2. The Balaban J connectivity index is 1.63. The van der Waals surface area contributed by atoms with E-state index in [-0.39, 0.29) is 0 Å². The van der Waals surface area contributed by atoms with E-state index in [4.69, 9.17) is 4.74 Å². The van der Waals surface area contributed by atoms with E-state index in [1.54, 1.807) is 0 Å². The van der Waals surface area contributed by atoms with Crippen LogP contribution in [0.5, 0.6) is 5.75 Å². The van der Waals surface area contributed by atoms with Gasteiger partial charge in [0.15, 0.2) is 0 Å². The van der Waals surface area contributed by atoms with Gasteiger partial charge in [0.05, 0.1) is 6.61 Å². The maximum Gasteiger partial charge on any atom is 0.125 e. The summed E-state index contributed by atoms with van der Waals surface area (Å²) in [4.78, 5) is 2.59. The molecular weight excluding hydrogens is 246 g/mol. The fourth-order valence-corrected chi connectivity index (χ4v) is 3.19. The summed E-state index contributed by atoms with van der Waals surface area (Å²) in [5.74, 6) is 1.09. The van der Waals surface area contributed by atoms with Gasteiger partial charge in [-0.25, -0.2) is 0 Å². The maximum atomic E-state index is 5.98. The van der Waals surface area contributed by atoms with Crippen LogP contribution in [-0.4, -0.2) is 31.1 Å². The van der Waals surface area contributed by atoms with E-state index in [1.807, 2.05) is 0 Å². The van der Waals surface area contributed by atoms with Gasteiger partial charge >= 0.3 is 0 Å². The lowest BCUT2D eigenvalue weighted by Gasteiger charge is -2.15. The predicted octanol–water partition coefficient (Wildman–Crippen LogP) is 4.26. The molecule has 2 heteroatoms. The van der Waals surface area contributed by atoms with Crippen LogP contribution in [0.15, 0.2) is 12.1 Å². The molecule has 1 fully saturated rings. The van der Waals surface area contributed by atoms with Crippen molar-refractivity contribution >= 4 is 0 Å². The smallest absolute Gasteiger partial charge is 0.125 e. The minimum absolute atomic E-state index is 0.852. The lowest BCUT2D eigenvalue weighted by atomic mass is 10.1. The fourth-order valence-electron chi connectivity index (χ4n) is 3.19. The highest BCUT2D eigenvalue weighted by atomic mass is 16.5. The van der Waals surface area contributed by atoms with Crippen molar-refractivity contribution in [1.29, 1.82) is 0 Å². The number of likely N-dealkylation sites (tertiary alicyclic amines) is 1. The van der Waals surface area contributed by atoms with Gasteiger partial charge in [-0.05, 0) is 83.6 Å². The summed E-state index contributed by atoms with van der Waals surface area (Å²) >= 11 is 0. The summed E-state index contributed by atoms with van der Waals surface area (Å²) in [6.45, 7) is 11.2. The Kier molecular flexibility index (Phi) is 5.90. The number of rotatable bonds is 7. The average Bonchev–Trinajstić information content (AvgIpc) is 2.89. The van der Waals surface area contributed by atoms with E-state index in [9.17, 15) is 0 Å². The molecule has 1 heterocycles. The zero-order chi connectivity index (χ0) is 14.4. The summed E-state index contributed by atoms with van der Waals surface area (Å²) in [6.07, 6.45) is 6.56. The topological polar surface area (TPSA) is 12.5 Å². The normalized spacial score (nSPS) is 15.8. The van der Waals surface area contributed by atoms with Crippen molar-refractivity contribution in [2.75, 3.05) is 26.2 Å². The zero-order valence-electron chi connectivity index (χ0n) is 13.4. The second kappa shape index (κ2) is 7.68. The third-order valence-electron chi connectivity index (χ3n) is 4.17. The Morgan fingerprint density at radius 2 is 1.60 bits per heavy atom. The monoisotopic (exact) mass is 275 g/mol. The molecule has 0 unspecified atom stereocenters. The Bertz CT molecular complexity index is 398. The summed E-state index contributed by atoms with van der Waals surface area (Å²) in [5.41, 5.74) is 3.84. The van der Waals surface area contributed by atoms with Crippen LogP contribution < -0.4 is 4.74 Å². The molecule has 0 bridgehead atoms. The Labute approximate surface area is 124 Å². The second-order valence-corrected chi connectivity index (χ2v) is 6.19. The summed E-state index contributed by atoms with van der Waals surface area (Å²) in [5, 5.41) is 0. The van der Waals surface area contributed by atoms with Crippen LogP contribution in [-0.2, 0) is 0 Å². The Morgan fingerprint density at radius 3 is 2.25 bits per heavy atom. The first kappa shape index (κ1) is 15.4. The fraction of sp³-hybridized carbons (Fsp3) is 0.667. The number of aryl methyl sites for hydroxylation is 3. The molecule has 0 N–H and O–H groups in total. The van der Waals surface area contributed by atoms with E-state index < -0.39 is 0 Å². The van der Waals surface area contributed by atoms with Crippen molar-refractivity contribution in [2.24, 2.45) is 0 Å². The van der Waals surface area contributed by atoms with Crippen LogP contribution in [0.1, 0.15) is 48.8 Å². The van der Waals surface area contributed by atoms with Crippen molar-refractivity contribution in [2.45, 2.75) is 52.9 Å². The second-order valence-electron chi connectivity index (χ2n) is 6.19. The largest absolute Gasteiger partial charge is 0.493 e. The third-order valence-corrected chi connectivity index (χ3v) is 4.17. The molecule has 1 aliphatic rings. The van der Waals surface area contributed by atoms with E-state index in [1.165, 1.54) is 68.4 Å². The van der Waals surface area contributed by atoms with Crippen LogP contribution >= 0.6 is 0 Å². The van der Waals surface area contributed by atoms with E-state index in [0.29, 0.717) is 0 Å². The van der Waals surface area contributed by atoms with E-state index in [2.05, 4.69) is 37.8 Å². The molecule has 0 spiro atoms. The molecule has 0 aromatic heterocycles. The first-order valence-corrected chi connectivity index (χ1v) is 8.10. The Morgan fingerprint density at radius 1 is 0.950 bits per heavy atom. The van der Waals surface area contributed by atoms with Crippen LogP contribution in [0.2, 0.25) is 0 Å². The van der Waals surface area contributed by atoms with Gasteiger partial charge in [-0.2, -0.15) is 0 Å². The molecule has 0 saturated carbocycles. The molecule has 1 saturated heterocycles. The number of ether oxygens (including phenoxy) is 1. The van der Waals surface area contributed by atoms with Gasteiger partial charge in [0, 0.05) is 0 Å². The van der Waals surface area contributed by atoms with Gasteiger partial charge in [0.25, 0.3) is 0 Å². The minimum atomic E-state index is 0.852. The quantitative estimate of drug-likeness (QED) is 0.690. The number of hydrogen-bond donors (Lipinski definition) is 0. The lowest BCUT2D eigenvalue weighted by molar-refractivity contribution is 0.287. The number of nitrogens with zero attached hydrogens (tertiary/aromatic N) is 1. The molecule has 1 aliphatic heterocycles. The van der Waals surface area contributed by atoms with Crippen molar-refractivity contribution in [1.82, 2.24) is 4.90 Å². The molecule has 2 rings (SSSR count). The maximum absolute atomic E-state index is 5.98. The molecular formula is C18H29NO. The molecule has 0 aliphatic carbocycles. The highest BCUT2D eigenvalue weighted by Crippen LogP contribution is 2.24. The van der Waals surface area contributed by atoms with E-state index in [0.717, 1.165) is 12.4 Å². The number of hydrogen-bond acceptors (Lipinski definition) is 2. The van der Waals surface area contributed by atoms with Gasteiger partial charge < -0.3 is 9.64 Å². The summed E-state index contributed by atoms with van der Waals surface area (Å²) in [7, 11) is 0. The van der Waals surface area contributed by atoms with Crippen molar-refractivity contribution < 1.29 is 4.74 Å². The van der Waals surface area contributed by atoms with Crippen LogP contribution in [0, 0.1) is 20.8 Å². The van der Waals surface area contributed by atoms with Crippen LogP contribution in [0.4, 0.5) is 0 Å². The van der Waals surface area contributed by atoms with Crippen LogP contribution in [0.25, 0.3) is 0 Å².